The molecule has 1 saturated heterocycles. The average Bonchev–Trinajstić information content (AvgIpc) is 2.19. The van der Waals surface area contributed by atoms with Crippen LogP contribution in [0.1, 0.15) is 20.3 Å². The van der Waals surface area contributed by atoms with Crippen LogP contribution in [-0.2, 0) is 9.53 Å². The lowest BCUT2D eigenvalue weighted by Gasteiger charge is -2.47. The summed E-state index contributed by atoms with van der Waals surface area (Å²) in [6, 6.07) is -0.0841. The van der Waals surface area contributed by atoms with Crippen molar-refractivity contribution in [3.05, 3.63) is 0 Å². The Kier molecular flexibility index (Phi) is 4.70. The topological polar surface area (TPSA) is 67.6 Å². The monoisotopic (exact) mass is 229 g/mol. The molecule has 0 aromatic rings. The Morgan fingerprint density at radius 3 is 2.75 bits per heavy atom. The van der Waals surface area contributed by atoms with Crippen LogP contribution in [0.15, 0.2) is 0 Å². The van der Waals surface area contributed by atoms with Crippen molar-refractivity contribution in [3.63, 3.8) is 0 Å². The predicted molar refractivity (Wildman–Crippen MR) is 63.1 cm³/mol. The van der Waals surface area contributed by atoms with Gasteiger partial charge >= 0.3 is 0 Å². The fourth-order valence-electron chi connectivity index (χ4n) is 1.90. The Balaban J connectivity index is 2.17. The van der Waals surface area contributed by atoms with Crippen LogP contribution < -0.4 is 11.1 Å². The molecular formula is C11H23N3O2. The SMILES string of the molecule is COCCCNC(=O)C(C)N1CC(C)(N)C1. The van der Waals surface area contributed by atoms with E-state index in [0.717, 1.165) is 19.5 Å². The quantitative estimate of drug-likeness (QED) is 0.606. The number of carbonyl (C=O) groups is 1. The first-order chi connectivity index (χ1) is 7.46. The lowest BCUT2D eigenvalue weighted by molar-refractivity contribution is -0.128. The van der Waals surface area contributed by atoms with Crippen molar-refractivity contribution in [2.24, 2.45) is 5.73 Å². The second-order valence-electron chi connectivity index (χ2n) is 4.87. The van der Waals surface area contributed by atoms with Crippen LogP contribution in [-0.4, -0.2) is 55.7 Å². The minimum absolute atomic E-state index is 0.0756. The maximum atomic E-state index is 11.7. The van der Waals surface area contributed by atoms with Crippen molar-refractivity contribution in [2.75, 3.05) is 33.4 Å². The molecule has 0 aromatic heterocycles. The number of rotatable bonds is 6. The molecule has 1 unspecified atom stereocenters. The van der Waals surface area contributed by atoms with Crippen molar-refractivity contribution in [3.8, 4) is 0 Å². The first kappa shape index (κ1) is 13.4. The van der Waals surface area contributed by atoms with Gasteiger partial charge in [0.25, 0.3) is 0 Å². The molecule has 0 spiro atoms. The number of carbonyl (C=O) groups excluding carboxylic acids is 1. The van der Waals surface area contributed by atoms with Crippen molar-refractivity contribution in [1.82, 2.24) is 10.2 Å². The molecule has 0 aromatic carbocycles. The molecule has 1 aliphatic rings. The molecule has 1 fully saturated rings. The molecule has 5 nitrogen and oxygen atoms in total. The van der Waals surface area contributed by atoms with E-state index in [9.17, 15) is 4.79 Å². The van der Waals surface area contributed by atoms with E-state index in [4.69, 9.17) is 10.5 Å². The Bertz CT molecular complexity index is 235. The number of methoxy groups -OCH3 is 1. The summed E-state index contributed by atoms with van der Waals surface area (Å²) < 4.78 is 4.91. The molecule has 94 valence electrons. The molecule has 16 heavy (non-hydrogen) atoms. The van der Waals surface area contributed by atoms with Crippen LogP contribution >= 0.6 is 0 Å². The summed E-state index contributed by atoms with van der Waals surface area (Å²) in [7, 11) is 1.66. The zero-order valence-corrected chi connectivity index (χ0v) is 10.5. The van der Waals surface area contributed by atoms with Gasteiger partial charge in [-0.05, 0) is 20.3 Å². The molecule has 0 aliphatic carbocycles. The first-order valence-corrected chi connectivity index (χ1v) is 5.76. The van der Waals surface area contributed by atoms with Gasteiger partial charge in [0.1, 0.15) is 0 Å². The van der Waals surface area contributed by atoms with E-state index in [1.807, 2.05) is 13.8 Å². The number of nitrogens with two attached hydrogens (primary N) is 1. The van der Waals surface area contributed by atoms with E-state index in [2.05, 4.69) is 10.2 Å². The van der Waals surface area contributed by atoms with Gasteiger partial charge < -0.3 is 15.8 Å². The number of nitrogens with one attached hydrogen (secondary N) is 1. The van der Waals surface area contributed by atoms with Gasteiger partial charge in [-0.25, -0.2) is 0 Å². The normalized spacial score (nSPS) is 21.2. The summed E-state index contributed by atoms with van der Waals surface area (Å²) in [4.78, 5) is 13.8. The highest BCUT2D eigenvalue weighted by Gasteiger charge is 2.39. The number of amides is 1. The molecule has 1 atom stereocenters. The van der Waals surface area contributed by atoms with Crippen molar-refractivity contribution in [1.29, 1.82) is 0 Å². The number of hydrogen-bond donors (Lipinski definition) is 2. The highest BCUT2D eigenvalue weighted by atomic mass is 16.5. The Morgan fingerprint density at radius 1 is 1.62 bits per heavy atom. The number of nitrogens with zero attached hydrogens (tertiary/aromatic N) is 1. The molecular weight excluding hydrogens is 206 g/mol. The summed E-state index contributed by atoms with van der Waals surface area (Å²) in [6.45, 7) is 6.86. The lowest BCUT2D eigenvalue weighted by atomic mass is 9.92. The molecule has 5 heteroatoms. The van der Waals surface area contributed by atoms with Crippen LogP contribution in [0.25, 0.3) is 0 Å². The maximum Gasteiger partial charge on any atom is 0.237 e. The van der Waals surface area contributed by atoms with Crippen LogP contribution in [0, 0.1) is 0 Å². The van der Waals surface area contributed by atoms with Gasteiger partial charge in [-0.3, -0.25) is 9.69 Å². The van der Waals surface area contributed by atoms with E-state index < -0.39 is 0 Å². The van der Waals surface area contributed by atoms with Gasteiger partial charge in [-0.15, -0.1) is 0 Å². The molecule has 0 bridgehead atoms. The first-order valence-electron chi connectivity index (χ1n) is 5.76. The number of likely N-dealkylation sites (tertiary alicyclic amines) is 1. The number of ether oxygens (including phenoxy) is 1. The molecule has 0 saturated carbocycles. The fraction of sp³-hybridized carbons (Fsp3) is 0.909. The van der Waals surface area contributed by atoms with Gasteiger partial charge in [-0.1, -0.05) is 0 Å². The molecule has 1 rings (SSSR count). The van der Waals surface area contributed by atoms with Gasteiger partial charge in [0.05, 0.1) is 6.04 Å². The van der Waals surface area contributed by atoms with E-state index in [1.165, 1.54) is 0 Å². The molecule has 1 aliphatic heterocycles. The fourth-order valence-corrected chi connectivity index (χ4v) is 1.90. The van der Waals surface area contributed by atoms with Crippen molar-refractivity contribution in [2.45, 2.75) is 31.8 Å². The minimum atomic E-state index is -0.120. The number of hydrogen-bond acceptors (Lipinski definition) is 4. The van der Waals surface area contributed by atoms with E-state index in [0.29, 0.717) is 13.2 Å². The summed E-state index contributed by atoms with van der Waals surface area (Å²) in [5.74, 6) is 0.0756. The van der Waals surface area contributed by atoms with E-state index in [1.54, 1.807) is 7.11 Å². The lowest BCUT2D eigenvalue weighted by Crippen LogP contribution is -2.69. The summed E-state index contributed by atoms with van der Waals surface area (Å²) >= 11 is 0. The van der Waals surface area contributed by atoms with Crippen LogP contribution in [0.4, 0.5) is 0 Å². The Hall–Kier alpha value is -0.650. The van der Waals surface area contributed by atoms with Gasteiger partial charge in [0.2, 0.25) is 5.91 Å². The largest absolute Gasteiger partial charge is 0.385 e. The smallest absolute Gasteiger partial charge is 0.237 e. The Morgan fingerprint density at radius 2 is 2.25 bits per heavy atom. The second-order valence-corrected chi connectivity index (χ2v) is 4.87. The van der Waals surface area contributed by atoms with E-state index in [-0.39, 0.29) is 17.5 Å². The molecule has 0 radical (unpaired) electrons. The van der Waals surface area contributed by atoms with Crippen molar-refractivity contribution < 1.29 is 9.53 Å². The van der Waals surface area contributed by atoms with Gasteiger partial charge in [0, 0.05) is 38.9 Å². The molecule has 1 heterocycles. The Labute approximate surface area is 97.3 Å². The molecule has 1 amide bonds. The summed E-state index contributed by atoms with van der Waals surface area (Å²) in [5, 5.41) is 2.89. The van der Waals surface area contributed by atoms with Gasteiger partial charge in [-0.2, -0.15) is 0 Å². The van der Waals surface area contributed by atoms with Crippen LogP contribution in [0.3, 0.4) is 0 Å². The highest BCUT2D eigenvalue weighted by Crippen LogP contribution is 2.19. The van der Waals surface area contributed by atoms with Crippen LogP contribution in [0.5, 0.6) is 0 Å². The van der Waals surface area contributed by atoms with Crippen LogP contribution in [0.2, 0.25) is 0 Å². The molecule has 3 N–H and O–H groups in total. The average molecular weight is 229 g/mol. The van der Waals surface area contributed by atoms with Gasteiger partial charge in [0.15, 0.2) is 0 Å². The summed E-state index contributed by atoms with van der Waals surface area (Å²) in [5.41, 5.74) is 5.78. The third-order valence-corrected chi connectivity index (χ3v) is 2.88. The zero-order chi connectivity index (χ0) is 12.2. The highest BCUT2D eigenvalue weighted by molar-refractivity contribution is 5.81. The second kappa shape index (κ2) is 5.61. The summed E-state index contributed by atoms with van der Waals surface area (Å²) in [6.07, 6.45) is 0.851. The third-order valence-electron chi connectivity index (χ3n) is 2.88. The predicted octanol–water partition coefficient (Wildman–Crippen LogP) is -0.439. The van der Waals surface area contributed by atoms with Crippen molar-refractivity contribution >= 4 is 5.91 Å². The third kappa shape index (κ3) is 3.73. The van der Waals surface area contributed by atoms with E-state index >= 15 is 0 Å². The minimum Gasteiger partial charge on any atom is -0.385 e. The zero-order valence-electron chi connectivity index (χ0n) is 10.5. The standard InChI is InChI=1S/C11H23N3O2/c1-9(14-7-11(2,12)8-14)10(15)13-5-4-6-16-3/h9H,4-8,12H2,1-3H3,(H,13,15). The maximum absolute atomic E-state index is 11.7.